The maximum Gasteiger partial charge on any atom is 0.305 e. The molecule has 1 unspecified atom stereocenters. The highest BCUT2D eigenvalue weighted by Crippen LogP contribution is 2.07. The number of anilines is 1. The number of rotatable bonds is 9. The standard InChI is InChI=1S/C13H19N5O6/c14-13-16-11-10(12(22)17-13)15-6-18(11)7-24-8(4-20)5-23-9(21)2-1-3-19/h6,8,19-20H,1-5,7H2,(H3,14,16,17,22). The summed E-state index contributed by atoms with van der Waals surface area (Å²) in [6, 6.07) is 0. The van der Waals surface area contributed by atoms with Crippen molar-refractivity contribution in [1.82, 2.24) is 19.5 Å². The number of esters is 1. The first-order valence-corrected chi connectivity index (χ1v) is 7.24. The summed E-state index contributed by atoms with van der Waals surface area (Å²) in [5, 5.41) is 17.9. The summed E-state index contributed by atoms with van der Waals surface area (Å²) >= 11 is 0. The molecule has 0 aromatic carbocycles. The van der Waals surface area contributed by atoms with Gasteiger partial charge in [-0.2, -0.15) is 4.98 Å². The molecule has 2 aromatic heterocycles. The van der Waals surface area contributed by atoms with E-state index >= 15 is 0 Å². The van der Waals surface area contributed by atoms with Crippen molar-refractivity contribution in [3.8, 4) is 0 Å². The number of aliphatic hydroxyl groups is 2. The Labute approximate surface area is 136 Å². The number of nitrogens with two attached hydrogens (primary N) is 1. The lowest BCUT2D eigenvalue weighted by Gasteiger charge is -2.16. The highest BCUT2D eigenvalue weighted by molar-refractivity contribution is 5.70. The van der Waals surface area contributed by atoms with Crippen LogP contribution in [0.1, 0.15) is 12.8 Å². The van der Waals surface area contributed by atoms with Crippen LogP contribution in [0.4, 0.5) is 5.95 Å². The van der Waals surface area contributed by atoms with Crippen LogP contribution < -0.4 is 11.3 Å². The zero-order valence-corrected chi connectivity index (χ0v) is 12.8. The molecule has 2 rings (SSSR count). The van der Waals surface area contributed by atoms with Crippen LogP contribution in [0, 0.1) is 0 Å². The van der Waals surface area contributed by atoms with Gasteiger partial charge in [-0.05, 0) is 6.42 Å². The summed E-state index contributed by atoms with van der Waals surface area (Å²) in [4.78, 5) is 33.3. The minimum Gasteiger partial charge on any atom is -0.463 e. The summed E-state index contributed by atoms with van der Waals surface area (Å²) in [6.45, 7) is -0.663. The molecule has 1 atom stereocenters. The fraction of sp³-hybridized carbons (Fsp3) is 0.538. The third-order valence-corrected chi connectivity index (χ3v) is 3.12. The number of imidazole rings is 1. The molecule has 132 valence electrons. The second-order valence-corrected chi connectivity index (χ2v) is 4.95. The van der Waals surface area contributed by atoms with Crippen molar-refractivity contribution in [3.63, 3.8) is 0 Å². The Morgan fingerprint density at radius 3 is 2.96 bits per heavy atom. The number of hydrogen-bond acceptors (Lipinski definition) is 9. The van der Waals surface area contributed by atoms with E-state index in [9.17, 15) is 14.7 Å². The van der Waals surface area contributed by atoms with E-state index in [0.29, 0.717) is 6.42 Å². The number of ether oxygens (including phenoxy) is 2. The molecular formula is C13H19N5O6. The van der Waals surface area contributed by atoms with Gasteiger partial charge in [0, 0.05) is 13.0 Å². The third-order valence-electron chi connectivity index (χ3n) is 3.12. The number of aliphatic hydroxyl groups excluding tert-OH is 2. The Hall–Kier alpha value is -2.50. The zero-order chi connectivity index (χ0) is 17.5. The van der Waals surface area contributed by atoms with Crippen LogP contribution in [-0.4, -0.2) is 61.6 Å². The molecule has 0 saturated carbocycles. The number of fused-ring (bicyclic) bond motifs is 1. The van der Waals surface area contributed by atoms with Gasteiger partial charge in [0.25, 0.3) is 5.56 Å². The molecule has 0 aliphatic carbocycles. The predicted octanol–water partition coefficient (Wildman–Crippen LogP) is -1.65. The van der Waals surface area contributed by atoms with Gasteiger partial charge in [-0.1, -0.05) is 0 Å². The maximum atomic E-state index is 11.7. The molecule has 24 heavy (non-hydrogen) atoms. The minimum atomic E-state index is -0.750. The Balaban J connectivity index is 1.94. The van der Waals surface area contributed by atoms with Crippen LogP contribution in [0.3, 0.4) is 0 Å². The molecule has 0 spiro atoms. The SMILES string of the molecule is Nc1nc2c(ncn2COC(CO)COC(=O)CCCO)c(=O)[nH]1. The van der Waals surface area contributed by atoms with E-state index < -0.39 is 17.6 Å². The van der Waals surface area contributed by atoms with E-state index in [-0.39, 0.29) is 50.1 Å². The van der Waals surface area contributed by atoms with Crippen LogP contribution in [-0.2, 0) is 21.0 Å². The van der Waals surface area contributed by atoms with E-state index in [1.807, 2.05) is 0 Å². The van der Waals surface area contributed by atoms with E-state index in [4.69, 9.17) is 20.3 Å². The van der Waals surface area contributed by atoms with E-state index in [2.05, 4.69) is 15.0 Å². The van der Waals surface area contributed by atoms with Gasteiger partial charge in [0.1, 0.15) is 19.4 Å². The van der Waals surface area contributed by atoms with Crippen LogP contribution in [0.2, 0.25) is 0 Å². The Kier molecular flexibility index (Phi) is 6.23. The molecule has 11 nitrogen and oxygen atoms in total. The van der Waals surface area contributed by atoms with Gasteiger partial charge in [-0.25, -0.2) is 4.98 Å². The molecule has 0 bridgehead atoms. The highest BCUT2D eigenvalue weighted by atomic mass is 16.6. The number of nitrogen functional groups attached to an aromatic ring is 1. The summed E-state index contributed by atoms with van der Waals surface area (Å²) < 4.78 is 11.8. The predicted molar refractivity (Wildman–Crippen MR) is 81.8 cm³/mol. The van der Waals surface area contributed by atoms with Crippen molar-refractivity contribution >= 4 is 23.1 Å². The Morgan fingerprint density at radius 1 is 1.46 bits per heavy atom. The number of carbonyl (C=O) groups is 1. The number of hydrogen-bond donors (Lipinski definition) is 4. The smallest absolute Gasteiger partial charge is 0.305 e. The number of nitrogens with one attached hydrogen (secondary N) is 1. The average molecular weight is 341 g/mol. The van der Waals surface area contributed by atoms with E-state index in [1.54, 1.807) is 0 Å². The fourth-order valence-electron chi connectivity index (χ4n) is 1.89. The molecule has 0 radical (unpaired) electrons. The summed E-state index contributed by atoms with van der Waals surface area (Å²) in [6.07, 6.45) is 1.01. The van der Waals surface area contributed by atoms with Gasteiger partial charge < -0.3 is 25.4 Å². The number of aromatic nitrogens is 4. The van der Waals surface area contributed by atoms with E-state index in [1.165, 1.54) is 10.9 Å². The van der Waals surface area contributed by atoms with Gasteiger partial charge in [0.15, 0.2) is 11.2 Å². The maximum absolute atomic E-state index is 11.7. The number of carbonyl (C=O) groups excluding carboxylic acids is 1. The summed E-state index contributed by atoms with van der Waals surface area (Å²) in [5.74, 6) is -0.536. The topological polar surface area (TPSA) is 166 Å². The zero-order valence-electron chi connectivity index (χ0n) is 12.8. The van der Waals surface area contributed by atoms with Crippen molar-refractivity contribution < 1.29 is 24.5 Å². The van der Waals surface area contributed by atoms with Gasteiger partial charge >= 0.3 is 5.97 Å². The first-order chi connectivity index (χ1) is 11.5. The molecule has 11 heteroatoms. The largest absolute Gasteiger partial charge is 0.463 e. The second kappa shape index (κ2) is 8.38. The number of aromatic amines is 1. The average Bonchev–Trinajstić information content (AvgIpc) is 2.96. The Bertz CT molecular complexity index is 742. The van der Waals surface area contributed by atoms with Crippen molar-refractivity contribution in [2.45, 2.75) is 25.7 Å². The third kappa shape index (κ3) is 4.50. The van der Waals surface area contributed by atoms with Crippen LogP contribution in [0.5, 0.6) is 0 Å². The monoisotopic (exact) mass is 341 g/mol. The van der Waals surface area contributed by atoms with Gasteiger partial charge in [-0.15, -0.1) is 0 Å². The first-order valence-electron chi connectivity index (χ1n) is 7.24. The van der Waals surface area contributed by atoms with Crippen molar-refractivity contribution in [2.75, 3.05) is 25.6 Å². The second-order valence-electron chi connectivity index (χ2n) is 4.95. The lowest BCUT2D eigenvalue weighted by Crippen LogP contribution is -2.27. The van der Waals surface area contributed by atoms with Crippen molar-refractivity contribution in [3.05, 3.63) is 16.7 Å². The molecule has 2 aromatic rings. The molecule has 2 heterocycles. The van der Waals surface area contributed by atoms with Gasteiger partial charge in [-0.3, -0.25) is 19.1 Å². The lowest BCUT2D eigenvalue weighted by molar-refractivity contribution is -0.150. The van der Waals surface area contributed by atoms with Crippen molar-refractivity contribution in [2.24, 2.45) is 0 Å². The fourth-order valence-corrected chi connectivity index (χ4v) is 1.89. The van der Waals surface area contributed by atoms with Crippen LogP contribution >= 0.6 is 0 Å². The van der Waals surface area contributed by atoms with Crippen LogP contribution in [0.15, 0.2) is 11.1 Å². The van der Waals surface area contributed by atoms with Gasteiger partial charge in [0.05, 0.1) is 12.9 Å². The van der Waals surface area contributed by atoms with Crippen LogP contribution in [0.25, 0.3) is 11.2 Å². The molecule has 5 N–H and O–H groups in total. The quantitative estimate of drug-likeness (QED) is 0.391. The summed E-state index contributed by atoms with van der Waals surface area (Å²) in [5.41, 5.74) is 5.38. The normalized spacial score (nSPS) is 12.4. The Morgan fingerprint density at radius 2 is 2.25 bits per heavy atom. The molecule has 0 fully saturated rings. The highest BCUT2D eigenvalue weighted by Gasteiger charge is 2.14. The molecule has 0 aliphatic rings. The molecule has 0 aliphatic heterocycles. The minimum absolute atomic E-state index is 0.0502. The lowest BCUT2D eigenvalue weighted by atomic mass is 10.3. The molecule has 0 amide bonds. The number of nitrogens with zero attached hydrogens (tertiary/aromatic N) is 3. The van der Waals surface area contributed by atoms with Gasteiger partial charge in [0.2, 0.25) is 5.95 Å². The summed E-state index contributed by atoms with van der Waals surface area (Å²) in [7, 11) is 0. The van der Waals surface area contributed by atoms with E-state index in [0.717, 1.165) is 0 Å². The first kappa shape index (κ1) is 17.8. The number of H-pyrrole nitrogens is 1. The van der Waals surface area contributed by atoms with Crippen molar-refractivity contribution in [1.29, 1.82) is 0 Å². The molecular weight excluding hydrogens is 322 g/mol. The molecule has 0 saturated heterocycles.